The molecule has 0 fully saturated rings. The largest absolute Gasteiger partial charge is 0.398 e. The van der Waals surface area contributed by atoms with Crippen molar-refractivity contribution in [1.82, 2.24) is 9.88 Å². The summed E-state index contributed by atoms with van der Waals surface area (Å²) in [4.78, 5) is 17.8. The Hall–Kier alpha value is -2.43. The highest BCUT2D eigenvalue weighted by Crippen LogP contribution is 2.15. The first-order chi connectivity index (χ1) is 9.47. The van der Waals surface area contributed by atoms with Gasteiger partial charge in [0, 0.05) is 31.2 Å². The van der Waals surface area contributed by atoms with Crippen LogP contribution >= 0.6 is 0 Å². The highest BCUT2D eigenvalue weighted by atomic mass is 19.1. The fraction of sp³-hybridized carbons (Fsp3) is 0.200. The van der Waals surface area contributed by atoms with E-state index in [1.807, 2.05) is 0 Å². The van der Waals surface area contributed by atoms with E-state index in [4.69, 9.17) is 5.73 Å². The predicted octanol–water partition coefficient (Wildman–Crippen LogP) is 2.38. The molecule has 4 nitrogen and oxygen atoms in total. The molecule has 0 saturated carbocycles. The summed E-state index contributed by atoms with van der Waals surface area (Å²) in [6.07, 6.45) is 1.47. The number of hydrogen-bond donors (Lipinski definition) is 1. The Morgan fingerprint density at radius 3 is 2.80 bits per heavy atom. The van der Waals surface area contributed by atoms with Gasteiger partial charge in [0.15, 0.2) is 0 Å². The molecule has 1 heterocycles. The maximum Gasteiger partial charge on any atom is 0.257 e. The lowest BCUT2D eigenvalue weighted by Crippen LogP contribution is -2.27. The van der Waals surface area contributed by atoms with E-state index >= 15 is 0 Å². The monoisotopic (exact) mass is 273 g/mol. The number of hydrogen-bond acceptors (Lipinski definition) is 3. The Bertz CT molecular complexity index is 643. The molecule has 0 saturated heterocycles. The first kappa shape index (κ1) is 14.0. The summed E-state index contributed by atoms with van der Waals surface area (Å²) in [7, 11) is 1.65. The summed E-state index contributed by atoms with van der Waals surface area (Å²) in [5.74, 6) is -0.556. The molecule has 0 bridgehead atoms. The van der Waals surface area contributed by atoms with Gasteiger partial charge < -0.3 is 10.6 Å². The molecule has 2 aromatic rings. The first-order valence-electron chi connectivity index (χ1n) is 6.19. The number of amides is 1. The Balaban J connectivity index is 2.16. The molecule has 2 N–H and O–H groups in total. The number of aryl methyl sites for hydroxylation is 1. The van der Waals surface area contributed by atoms with Crippen molar-refractivity contribution >= 4 is 11.6 Å². The number of nitrogens with zero attached hydrogens (tertiary/aromatic N) is 2. The maximum atomic E-state index is 13.1. The average molecular weight is 273 g/mol. The number of pyridine rings is 1. The standard InChI is InChI=1S/C15H16FN3O/c1-10-6-14(17)13(8-18-10)15(20)19(2)9-11-4-3-5-12(16)7-11/h3-8H,9H2,1-2H3,(H2,17,18). The van der Waals surface area contributed by atoms with Crippen molar-refractivity contribution in [2.45, 2.75) is 13.5 Å². The van der Waals surface area contributed by atoms with Gasteiger partial charge in [0.25, 0.3) is 5.91 Å². The smallest absolute Gasteiger partial charge is 0.257 e. The third-order valence-corrected chi connectivity index (χ3v) is 2.96. The summed E-state index contributed by atoms with van der Waals surface area (Å²) in [6.45, 7) is 2.12. The number of anilines is 1. The lowest BCUT2D eigenvalue weighted by atomic mass is 10.1. The van der Waals surface area contributed by atoms with Gasteiger partial charge in [0.1, 0.15) is 5.82 Å². The zero-order valence-corrected chi connectivity index (χ0v) is 11.4. The third-order valence-electron chi connectivity index (χ3n) is 2.96. The van der Waals surface area contributed by atoms with Crippen LogP contribution in [0.4, 0.5) is 10.1 Å². The van der Waals surface area contributed by atoms with Crippen LogP contribution in [0, 0.1) is 12.7 Å². The Morgan fingerprint density at radius 2 is 2.15 bits per heavy atom. The van der Waals surface area contributed by atoms with Gasteiger partial charge in [0.05, 0.1) is 5.56 Å². The topological polar surface area (TPSA) is 59.2 Å². The fourth-order valence-corrected chi connectivity index (χ4v) is 1.95. The summed E-state index contributed by atoms with van der Waals surface area (Å²) in [5.41, 5.74) is 8.06. The third kappa shape index (κ3) is 3.12. The molecule has 1 aromatic heterocycles. The van der Waals surface area contributed by atoms with Crippen LogP contribution in [-0.2, 0) is 6.54 Å². The van der Waals surface area contributed by atoms with E-state index in [9.17, 15) is 9.18 Å². The number of nitrogens with two attached hydrogens (primary N) is 1. The van der Waals surface area contributed by atoms with E-state index in [0.717, 1.165) is 11.3 Å². The van der Waals surface area contributed by atoms with Crippen LogP contribution < -0.4 is 5.73 Å². The minimum absolute atomic E-state index is 0.237. The SMILES string of the molecule is Cc1cc(N)c(C(=O)N(C)Cc2cccc(F)c2)cn1. The molecule has 1 aromatic carbocycles. The van der Waals surface area contributed by atoms with E-state index in [0.29, 0.717) is 17.8 Å². The number of benzene rings is 1. The number of rotatable bonds is 3. The van der Waals surface area contributed by atoms with E-state index in [1.54, 1.807) is 32.2 Å². The lowest BCUT2D eigenvalue weighted by molar-refractivity contribution is 0.0785. The molecule has 0 radical (unpaired) electrons. The van der Waals surface area contributed by atoms with Crippen LogP contribution in [0.2, 0.25) is 0 Å². The summed E-state index contributed by atoms with van der Waals surface area (Å²) >= 11 is 0. The normalized spacial score (nSPS) is 10.3. The highest BCUT2D eigenvalue weighted by molar-refractivity contribution is 5.98. The quantitative estimate of drug-likeness (QED) is 0.934. The van der Waals surface area contributed by atoms with Crippen molar-refractivity contribution in [3.8, 4) is 0 Å². The van der Waals surface area contributed by atoms with Crippen LogP contribution in [0.15, 0.2) is 36.5 Å². The summed E-state index contributed by atoms with van der Waals surface area (Å²) in [5, 5.41) is 0. The lowest BCUT2D eigenvalue weighted by Gasteiger charge is -2.18. The van der Waals surface area contributed by atoms with E-state index in [2.05, 4.69) is 4.98 Å². The van der Waals surface area contributed by atoms with E-state index < -0.39 is 0 Å². The second-order valence-corrected chi connectivity index (χ2v) is 4.70. The Kier molecular flexibility index (Phi) is 3.98. The number of carbonyl (C=O) groups is 1. The van der Waals surface area contributed by atoms with Gasteiger partial charge in [-0.2, -0.15) is 0 Å². The second kappa shape index (κ2) is 5.69. The van der Waals surface area contributed by atoms with Gasteiger partial charge in [-0.05, 0) is 30.7 Å². The molecule has 0 aliphatic rings. The zero-order valence-electron chi connectivity index (χ0n) is 11.4. The Morgan fingerprint density at radius 1 is 1.40 bits per heavy atom. The molecule has 0 aliphatic heterocycles. The van der Waals surface area contributed by atoms with Crippen molar-refractivity contribution in [2.24, 2.45) is 0 Å². The van der Waals surface area contributed by atoms with E-state index in [-0.39, 0.29) is 11.7 Å². The second-order valence-electron chi connectivity index (χ2n) is 4.70. The minimum atomic E-state index is -0.320. The van der Waals surface area contributed by atoms with Crippen molar-refractivity contribution in [3.05, 3.63) is 59.2 Å². The van der Waals surface area contributed by atoms with Crippen LogP contribution in [0.25, 0.3) is 0 Å². The highest BCUT2D eigenvalue weighted by Gasteiger charge is 2.15. The van der Waals surface area contributed by atoms with Gasteiger partial charge >= 0.3 is 0 Å². The van der Waals surface area contributed by atoms with Crippen LogP contribution in [0.3, 0.4) is 0 Å². The molecule has 20 heavy (non-hydrogen) atoms. The summed E-state index contributed by atoms with van der Waals surface area (Å²) in [6, 6.07) is 7.81. The maximum absolute atomic E-state index is 13.1. The number of nitrogen functional groups attached to an aromatic ring is 1. The van der Waals surface area contributed by atoms with Crippen LogP contribution in [-0.4, -0.2) is 22.8 Å². The van der Waals surface area contributed by atoms with Crippen molar-refractivity contribution < 1.29 is 9.18 Å². The molecule has 0 spiro atoms. The molecule has 2 rings (SSSR count). The van der Waals surface area contributed by atoms with Crippen molar-refractivity contribution in [1.29, 1.82) is 0 Å². The average Bonchev–Trinajstić information content (AvgIpc) is 2.38. The van der Waals surface area contributed by atoms with Crippen LogP contribution in [0.5, 0.6) is 0 Å². The zero-order chi connectivity index (χ0) is 14.7. The molecule has 1 amide bonds. The predicted molar refractivity (Wildman–Crippen MR) is 75.6 cm³/mol. The van der Waals surface area contributed by atoms with Crippen molar-refractivity contribution in [3.63, 3.8) is 0 Å². The molecule has 0 atom stereocenters. The molecule has 0 unspecified atom stereocenters. The molecule has 104 valence electrons. The van der Waals surface area contributed by atoms with Crippen molar-refractivity contribution in [2.75, 3.05) is 12.8 Å². The van der Waals surface area contributed by atoms with Gasteiger partial charge in [-0.1, -0.05) is 12.1 Å². The minimum Gasteiger partial charge on any atom is -0.398 e. The van der Waals surface area contributed by atoms with Gasteiger partial charge in [0.2, 0.25) is 0 Å². The molecule has 5 heteroatoms. The summed E-state index contributed by atoms with van der Waals surface area (Å²) < 4.78 is 13.1. The first-order valence-corrected chi connectivity index (χ1v) is 6.19. The van der Waals surface area contributed by atoms with E-state index in [1.165, 1.54) is 23.2 Å². The number of carbonyl (C=O) groups excluding carboxylic acids is 1. The van der Waals surface area contributed by atoms with Gasteiger partial charge in [-0.3, -0.25) is 9.78 Å². The van der Waals surface area contributed by atoms with Gasteiger partial charge in [-0.15, -0.1) is 0 Å². The van der Waals surface area contributed by atoms with Crippen LogP contribution in [0.1, 0.15) is 21.6 Å². The van der Waals surface area contributed by atoms with Gasteiger partial charge in [-0.25, -0.2) is 4.39 Å². The Labute approximate surface area is 117 Å². The number of aromatic nitrogens is 1. The molecule has 0 aliphatic carbocycles. The molecular formula is C15H16FN3O. The number of halogens is 1. The fourth-order valence-electron chi connectivity index (χ4n) is 1.95. The molecular weight excluding hydrogens is 257 g/mol.